The largest absolute Gasteiger partial charge is 0.455 e. The van der Waals surface area contributed by atoms with Crippen LogP contribution in [0.1, 0.15) is 13.3 Å². The Hall–Kier alpha value is -1.89. The fourth-order valence-corrected chi connectivity index (χ4v) is 2.82. The molecule has 0 N–H and O–H groups in total. The SMILES string of the molecule is C=C(C)C(=O)OCC(=O)OC1C2CC3C(=O)OC1C3O2. The van der Waals surface area contributed by atoms with Gasteiger partial charge in [-0.05, 0) is 13.3 Å². The van der Waals surface area contributed by atoms with E-state index in [1.807, 2.05) is 0 Å². The van der Waals surface area contributed by atoms with Crippen molar-refractivity contribution in [2.45, 2.75) is 37.8 Å². The van der Waals surface area contributed by atoms with Crippen molar-refractivity contribution >= 4 is 17.9 Å². The number of hydrogen-bond donors (Lipinski definition) is 0. The van der Waals surface area contributed by atoms with Gasteiger partial charge in [-0.2, -0.15) is 0 Å². The average Bonchev–Trinajstić information content (AvgIpc) is 3.00. The lowest BCUT2D eigenvalue weighted by molar-refractivity contribution is -0.167. The third-order valence-electron chi connectivity index (χ3n) is 3.72. The highest BCUT2D eigenvalue weighted by Gasteiger charge is 2.65. The molecule has 7 nitrogen and oxygen atoms in total. The molecule has 0 aromatic carbocycles. The second kappa shape index (κ2) is 4.59. The fraction of sp³-hybridized carbons (Fsp3) is 0.615. The summed E-state index contributed by atoms with van der Waals surface area (Å²) in [6.07, 6.45) is -1.28. The highest BCUT2D eigenvalue weighted by molar-refractivity contribution is 5.88. The van der Waals surface area contributed by atoms with Crippen LogP contribution in [-0.2, 0) is 33.3 Å². The van der Waals surface area contributed by atoms with Crippen molar-refractivity contribution in [1.29, 1.82) is 0 Å². The number of fused-ring (bicyclic) bond motifs is 1. The van der Waals surface area contributed by atoms with Gasteiger partial charge in [0.1, 0.15) is 6.10 Å². The van der Waals surface area contributed by atoms with Crippen LogP contribution in [0, 0.1) is 5.92 Å². The molecule has 3 heterocycles. The molecular formula is C13H14O7. The van der Waals surface area contributed by atoms with E-state index in [9.17, 15) is 14.4 Å². The van der Waals surface area contributed by atoms with Gasteiger partial charge in [0.15, 0.2) is 18.8 Å². The molecule has 7 heteroatoms. The molecule has 0 aliphatic carbocycles. The van der Waals surface area contributed by atoms with Gasteiger partial charge in [-0.25, -0.2) is 9.59 Å². The van der Waals surface area contributed by atoms with Crippen LogP contribution in [0.25, 0.3) is 0 Å². The van der Waals surface area contributed by atoms with Gasteiger partial charge in [0.05, 0.1) is 12.0 Å². The summed E-state index contributed by atoms with van der Waals surface area (Å²) in [5, 5.41) is 0. The first-order valence-electron chi connectivity index (χ1n) is 6.35. The first-order chi connectivity index (χ1) is 9.47. The Labute approximate surface area is 114 Å². The maximum Gasteiger partial charge on any atom is 0.344 e. The summed E-state index contributed by atoms with van der Waals surface area (Å²) in [5.41, 5.74) is 0.202. The van der Waals surface area contributed by atoms with Crippen LogP contribution in [0.2, 0.25) is 0 Å². The summed E-state index contributed by atoms with van der Waals surface area (Å²) < 4.78 is 20.6. The lowest BCUT2D eigenvalue weighted by atomic mass is 9.88. The molecule has 3 aliphatic rings. The zero-order valence-electron chi connectivity index (χ0n) is 10.9. The lowest BCUT2D eigenvalue weighted by Crippen LogP contribution is -2.40. The van der Waals surface area contributed by atoms with Crippen LogP contribution in [0.4, 0.5) is 0 Å². The molecule has 5 atom stereocenters. The number of hydrogen-bond acceptors (Lipinski definition) is 7. The molecule has 0 saturated carbocycles. The molecule has 0 aromatic rings. The van der Waals surface area contributed by atoms with Crippen LogP contribution < -0.4 is 0 Å². The van der Waals surface area contributed by atoms with Crippen molar-refractivity contribution in [1.82, 2.24) is 0 Å². The smallest absolute Gasteiger partial charge is 0.344 e. The van der Waals surface area contributed by atoms with Gasteiger partial charge in [-0.3, -0.25) is 4.79 Å². The van der Waals surface area contributed by atoms with Crippen molar-refractivity contribution in [3.63, 3.8) is 0 Å². The number of rotatable bonds is 4. The Balaban J connectivity index is 1.54. The van der Waals surface area contributed by atoms with Gasteiger partial charge < -0.3 is 18.9 Å². The minimum Gasteiger partial charge on any atom is -0.455 e. The van der Waals surface area contributed by atoms with Crippen molar-refractivity contribution in [3.05, 3.63) is 12.2 Å². The summed E-state index contributed by atoms with van der Waals surface area (Å²) in [5.74, 6) is -1.88. The zero-order chi connectivity index (χ0) is 14.4. The molecule has 0 spiro atoms. The van der Waals surface area contributed by atoms with Crippen molar-refractivity contribution in [3.8, 4) is 0 Å². The number of esters is 3. The van der Waals surface area contributed by atoms with E-state index in [4.69, 9.17) is 18.9 Å². The molecule has 3 aliphatic heterocycles. The molecule has 0 amide bonds. The molecule has 0 radical (unpaired) electrons. The Bertz CT molecular complexity index is 497. The van der Waals surface area contributed by atoms with E-state index in [-0.39, 0.29) is 29.7 Å². The van der Waals surface area contributed by atoms with Crippen molar-refractivity contribution in [2.75, 3.05) is 6.61 Å². The predicted molar refractivity (Wildman–Crippen MR) is 62.3 cm³/mol. The average molecular weight is 282 g/mol. The first kappa shape index (κ1) is 13.1. The zero-order valence-corrected chi connectivity index (χ0v) is 10.9. The molecule has 3 fully saturated rings. The molecule has 5 unspecified atom stereocenters. The molecular weight excluding hydrogens is 268 g/mol. The monoisotopic (exact) mass is 282 g/mol. The molecule has 3 saturated heterocycles. The molecule has 0 aromatic heterocycles. The van der Waals surface area contributed by atoms with Crippen LogP contribution in [0.15, 0.2) is 12.2 Å². The highest BCUT2D eigenvalue weighted by Crippen LogP contribution is 2.47. The summed E-state index contributed by atoms with van der Waals surface area (Å²) in [7, 11) is 0. The van der Waals surface area contributed by atoms with Gasteiger partial charge in [-0.1, -0.05) is 6.58 Å². The minimum atomic E-state index is -0.694. The highest BCUT2D eigenvalue weighted by atomic mass is 16.7. The molecule has 3 rings (SSSR count). The Morgan fingerprint density at radius 2 is 2.15 bits per heavy atom. The topological polar surface area (TPSA) is 88.1 Å². The second-order valence-electron chi connectivity index (χ2n) is 5.19. The van der Waals surface area contributed by atoms with Crippen LogP contribution >= 0.6 is 0 Å². The normalized spacial score (nSPS) is 36.6. The van der Waals surface area contributed by atoms with Gasteiger partial charge in [-0.15, -0.1) is 0 Å². The van der Waals surface area contributed by atoms with Crippen molar-refractivity contribution < 1.29 is 33.3 Å². The maximum atomic E-state index is 11.6. The van der Waals surface area contributed by atoms with E-state index < -0.39 is 30.8 Å². The first-order valence-corrected chi connectivity index (χ1v) is 6.35. The van der Waals surface area contributed by atoms with Gasteiger partial charge in [0, 0.05) is 5.57 Å². The lowest BCUT2D eigenvalue weighted by Gasteiger charge is -2.22. The van der Waals surface area contributed by atoms with Crippen molar-refractivity contribution in [2.24, 2.45) is 5.92 Å². The van der Waals surface area contributed by atoms with E-state index >= 15 is 0 Å². The van der Waals surface area contributed by atoms with E-state index in [1.165, 1.54) is 6.92 Å². The maximum absolute atomic E-state index is 11.6. The third-order valence-corrected chi connectivity index (χ3v) is 3.72. The fourth-order valence-electron chi connectivity index (χ4n) is 2.82. The molecule has 20 heavy (non-hydrogen) atoms. The number of carbonyl (C=O) groups is 3. The number of carbonyl (C=O) groups excluding carboxylic acids is 3. The van der Waals surface area contributed by atoms with E-state index in [2.05, 4.69) is 6.58 Å². The minimum absolute atomic E-state index is 0.202. The van der Waals surface area contributed by atoms with Gasteiger partial charge >= 0.3 is 17.9 Å². The molecule has 108 valence electrons. The van der Waals surface area contributed by atoms with Crippen LogP contribution in [0.5, 0.6) is 0 Å². The summed E-state index contributed by atoms with van der Waals surface area (Å²) >= 11 is 0. The van der Waals surface area contributed by atoms with Crippen LogP contribution in [-0.4, -0.2) is 48.9 Å². The van der Waals surface area contributed by atoms with Gasteiger partial charge in [0.2, 0.25) is 0 Å². The number of ether oxygens (including phenoxy) is 4. The Morgan fingerprint density at radius 3 is 2.85 bits per heavy atom. The predicted octanol–water partition coefficient (Wildman–Crippen LogP) is -0.270. The summed E-state index contributed by atoms with van der Waals surface area (Å²) in [4.78, 5) is 34.3. The standard InChI is InChI=1S/C13H14O7/c1-5(2)12(15)17-4-8(14)19-10-7-3-6-9(18-7)11(10)20-13(6)16/h6-7,9-11H,1,3-4H2,2H3. The van der Waals surface area contributed by atoms with E-state index in [0.29, 0.717) is 6.42 Å². The van der Waals surface area contributed by atoms with E-state index in [0.717, 1.165) is 0 Å². The molecule has 2 bridgehead atoms. The van der Waals surface area contributed by atoms with E-state index in [1.54, 1.807) is 0 Å². The quantitative estimate of drug-likeness (QED) is 0.398. The van der Waals surface area contributed by atoms with Crippen LogP contribution in [0.3, 0.4) is 0 Å². The second-order valence-corrected chi connectivity index (χ2v) is 5.19. The third kappa shape index (κ3) is 1.98. The Morgan fingerprint density at radius 1 is 1.40 bits per heavy atom. The van der Waals surface area contributed by atoms with Gasteiger partial charge in [0.25, 0.3) is 0 Å². The Kier molecular flexibility index (Phi) is 3.01. The summed E-state index contributed by atoms with van der Waals surface area (Å²) in [6.45, 7) is 4.39. The summed E-state index contributed by atoms with van der Waals surface area (Å²) in [6, 6.07) is 0.